The largest absolute Gasteiger partial charge is 0.489 e. The lowest BCUT2D eigenvalue weighted by Gasteiger charge is -2.18. The van der Waals surface area contributed by atoms with Crippen molar-refractivity contribution in [3.63, 3.8) is 0 Å². The van der Waals surface area contributed by atoms with E-state index < -0.39 is 5.41 Å². The molecule has 0 unspecified atom stereocenters. The first-order valence-electron chi connectivity index (χ1n) is 5.85. The number of ether oxygens (including phenoxy) is 1. The second-order valence-corrected chi connectivity index (χ2v) is 4.85. The highest BCUT2D eigenvalue weighted by Crippen LogP contribution is 2.27. The van der Waals surface area contributed by atoms with Crippen molar-refractivity contribution >= 4 is 11.6 Å². The minimum Gasteiger partial charge on any atom is -0.489 e. The lowest BCUT2D eigenvalue weighted by atomic mass is 9.94. The highest BCUT2D eigenvalue weighted by molar-refractivity contribution is 5.97. The fraction of sp³-hybridized carbons (Fsp3) is 0.429. The molecule has 1 aromatic carbocycles. The van der Waals surface area contributed by atoms with Crippen LogP contribution in [0.15, 0.2) is 24.3 Å². The molecular weight excluding hydrogens is 228 g/mol. The number of nitrogens with one attached hydrogen (secondary N) is 1. The summed E-state index contributed by atoms with van der Waals surface area (Å²) in [6.45, 7) is 6.98. The number of hydrogen-bond acceptors (Lipinski definition) is 3. The number of rotatable bonds is 4. The number of anilines is 1. The smallest absolute Gasteiger partial charge is 0.244 e. The van der Waals surface area contributed by atoms with Crippen LogP contribution in [0.5, 0.6) is 5.75 Å². The third-order valence-corrected chi connectivity index (χ3v) is 2.35. The van der Waals surface area contributed by atoms with Gasteiger partial charge in [0.25, 0.3) is 0 Å². The van der Waals surface area contributed by atoms with E-state index in [0.717, 1.165) is 0 Å². The van der Waals surface area contributed by atoms with Gasteiger partial charge in [-0.15, -0.1) is 0 Å². The van der Waals surface area contributed by atoms with E-state index in [1.54, 1.807) is 26.0 Å². The maximum absolute atomic E-state index is 11.9. The van der Waals surface area contributed by atoms with Gasteiger partial charge in [-0.3, -0.25) is 4.79 Å². The Morgan fingerprint density at radius 1 is 1.39 bits per heavy atom. The predicted molar refractivity (Wildman–Crippen MR) is 70.2 cm³/mol. The van der Waals surface area contributed by atoms with E-state index in [9.17, 15) is 4.79 Å². The first-order valence-corrected chi connectivity index (χ1v) is 5.85. The standard InChI is InChI=1S/C14H18N2O2/c1-10(2)18-12-8-6-5-7-11(12)16-13(17)14(3,4)9-15/h5-8,10H,1-4H3,(H,16,17). The molecule has 0 saturated carbocycles. The molecular formula is C14H18N2O2. The number of amides is 1. The zero-order valence-electron chi connectivity index (χ0n) is 11.2. The van der Waals surface area contributed by atoms with E-state index in [1.807, 2.05) is 32.0 Å². The van der Waals surface area contributed by atoms with Crippen molar-refractivity contribution in [3.8, 4) is 11.8 Å². The molecule has 1 N–H and O–H groups in total. The van der Waals surface area contributed by atoms with Gasteiger partial charge in [0.05, 0.1) is 17.9 Å². The van der Waals surface area contributed by atoms with E-state index in [-0.39, 0.29) is 12.0 Å². The summed E-state index contributed by atoms with van der Waals surface area (Å²) in [5, 5.41) is 11.6. The van der Waals surface area contributed by atoms with Crippen molar-refractivity contribution in [2.45, 2.75) is 33.8 Å². The molecule has 0 atom stereocenters. The van der Waals surface area contributed by atoms with Gasteiger partial charge in [-0.05, 0) is 39.8 Å². The van der Waals surface area contributed by atoms with Crippen molar-refractivity contribution in [2.24, 2.45) is 5.41 Å². The average Bonchev–Trinajstić information content (AvgIpc) is 2.31. The highest BCUT2D eigenvalue weighted by Gasteiger charge is 2.27. The second-order valence-electron chi connectivity index (χ2n) is 4.85. The quantitative estimate of drug-likeness (QED) is 0.888. The van der Waals surface area contributed by atoms with Crippen LogP contribution in [-0.4, -0.2) is 12.0 Å². The fourth-order valence-corrected chi connectivity index (χ4v) is 1.26. The van der Waals surface area contributed by atoms with Crippen molar-refractivity contribution < 1.29 is 9.53 Å². The summed E-state index contributed by atoms with van der Waals surface area (Å²) in [5.74, 6) is 0.263. The van der Waals surface area contributed by atoms with Crippen molar-refractivity contribution in [1.82, 2.24) is 0 Å². The van der Waals surface area contributed by atoms with Gasteiger partial charge in [-0.1, -0.05) is 12.1 Å². The highest BCUT2D eigenvalue weighted by atomic mass is 16.5. The van der Waals surface area contributed by atoms with Crippen LogP contribution < -0.4 is 10.1 Å². The minimum absolute atomic E-state index is 0.0204. The van der Waals surface area contributed by atoms with Crippen molar-refractivity contribution in [1.29, 1.82) is 5.26 Å². The molecule has 0 aliphatic rings. The maximum atomic E-state index is 11.9. The average molecular weight is 246 g/mol. The van der Waals surface area contributed by atoms with Crippen LogP contribution >= 0.6 is 0 Å². The first-order chi connectivity index (χ1) is 8.36. The van der Waals surface area contributed by atoms with Gasteiger partial charge in [0.1, 0.15) is 11.2 Å². The van der Waals surface area contributed by atoms with Gasteiger partial charge in [-0.25, -0.2) is 0 Å². The molecule has 4 heteroatoms. The molecule has 0 bridgehead atoms. The summed E-state index contributed by atoms with van der Waals surface area (Å²) in [6.07, 6.45) is 0.0204. The van der Waals surface area contributed by atoms with Gasteiger partial charge < -0.3 is 10.1 Å². The van der Waals surface area contributed by atoms with Gasteiger partial charge >= 0.3 is 0 Å². The zero-order chi connectivity index (χ0) is 13.8. The van der Waals surface area contributed by atoms with Crippen LogP contribution in [0.25, 0.3) is 0 Å². The molecule has 18 heavy (non-hydrogen) atoms. The SMILES string of the molecule is CC(C)Oc1ccccc1NC(=O)C(C)(C)C#N. The van der Waals surface area contributed by atoms with Crippen molar-refractivity contribution in [2.75, 3.05) is 5.32 Å². The van der Waals surface area contributed by atoms with Crippen LogP contribution in [0.3, 0.4) is 0 Å². The molecule has 0 heterocycles. The van der Waals surface area contributed by atoms with Crippen LogP contribution in [0, 0.1) is 16.7 Å². The Morgan fingerprint density at radius 3 is 2.56 bits per heavy atom. The monoisotopic (exact) mass is 246 g/mol. The molecule has 4 nitrogen and oxygen atoms in total. The molecule has 0 fully saturated rings. The van der Waals surface area contributed by atoms with E-state index in [4.69, 9.17) is 10.00 Å². The van der Waals surface area contributed by atoms with E-state index in [0.29, 0.717) is 11.4 Å². The van der Waals surface area contributed by atoms with E-state index in [2.05, 4.69) is 5.32 Å². The van der Waals surface area contributed by atoms with E-state index in [1.165, 1.54) is 0 Å². The fourth-order valence-electron chi connectivity index (χ4n) is 1.26. The number of carbonyl (C=O) groups is 1. The third kappa shape index (κ3) is 3.49. The van der Waals surface area contributed by atoms with Gasteiger partial charge in [-0.2, -0.15) is 5.26 Å². The van der Waals surface area contributed by atoms with Crippen LogP contribution in [-0.2, 0) is 4.79 Å². The Labute approximate surface area is 108 Å². The lowest BCUT2D eigenvalue weighted by Crippen LogP contribution is -2.29. The van der Waals surface area contributed by atoms with Gasteiger partial charge in [0.2, 0.25) is 5.91 Å². The molecule has 0 aromatic heterocycles. The molecule has 0 saturated heterocycles. The third-order valence-electron chi connectivity index (χ3n) is 2.35. The summed E-state index contributed by atoms with van der Waals surface area (Å²) in [6, 6.07) is 9.15. The number of benzene rings is 1. The second kappa shape index (κ2) is 5.54. The molecule has 1 rings (SSSR count). The predicted octanol–water partition coefficient (Wildman–Crippen LogP) is 2.96. The molecule has 0 radical (unpaired) electrons. The Balaban J connectivity index is 2.92. The van der Waals surface area contributed by atoms with Crippen molar-refractivity contribution in [3.05, 3.63) is 24.3 Å². The number of para-hydroxylation sites is 2. The summed E-state index contributed by atoms with van der Waals surface area (Å²) in [5.41, 5.74) is -0.482. The van der Waals surface area contributed by atoms with Gasteiger partial charge in [0.15, 0.2) is 0 Å². The zero-order valence-corrected chi connectivity index (χ0v) is 11.2. The molecule has 0 spiro atoms. The molecule has 1 amide bonds. The summed E-state index contributed by atoms with van der Waals surface area (Å²) >= 11 is 0. The van der Waals surface area contributed by atoms with Crippen LogP contribution in [0.4, 0.5) is 5.69 Å². The Kier molecular flexibility index (Phi) is 4.33. The number of nitrogens with zero attached hydrogens (tertiary/aromatic N) is 1. The summed E-state index contributed by atoms with van der Waals surface area (Å²) in [4.78, 5) is 11.9. The lowest BCUT2D eigenvalue weighted by molar-refractivity contribution is -0.121. The normalized spacial score (nSPS) is 10.9. The molecule has 1 aromatic rings. The Hall–Kier alpha value is -2.02. The van der Waals surface area contributed by atoms with Crippen LogP contribution in [0.1, 0.15) is 27.7 Å². The molecule has 0 aliphatic carbocycles. The molecule has 96 valence electrons. The van der Waals surface area contributed by atoms with E-state index >= 15 is 0 Å². The summed E-state index contributed by atoms with van der Waals surface area (Å²) in [7, 11) is 0. The topological polar surface area (TPSA) is 62.1 Å². The van der Waals surface area contributed by atoms with Crippen LogP contribution in [0.2, 0.25) is 0 Å². The number of nitriles is 1. The maximum Gasteiger partial charge on any atom is 0.244 e. The minimum atomic E-state index is -1.06. The molecule has 0 aliphatic heterocycles. The van der Waals surface area contributed by atoms with Gasteiger partial charge in [0, 0.05) is 0 Å². The summed E-state index contributed by atoms with van der Waals surface area (Å²) < 4.78 is 5.59. The first kappa shape index (κ1) is 14.0. The Bertz CT molecular complexity index is 473. The number of hydrogen-bond donors (Lipinski definition) is 1. The number of carbonyl (C=O) groups excluding carboxylic acids is 1. The Morgan fingerprint density at radius 2 is 2.00 bits per heavy atom.